The summed E-state index contributed by atoms with van der Waals surface area (Å²) in [4.78, 5) is 4.82. The summed E-state index contributed by atoms with van der Waals surface area (Å²) in [5.74, 6) is 1.23. The lowest BCUT2D eigenvalue weighted by atomic mass is 10.1. The van der Waals surface area contributed by atoms with Crippen LogP contribution in [-0.4, -0.2) is 19.3 Å². The van der Waals surface area contributed by atoms with Crippen LogP contribution in [0.25, 0.3) is 11.3 Å². The van der Waals surface area contributed by atoms with Crippen LogP contribution in [0.15, 0.2) is 42.9 Å². The molecule has 5 heteroatoms. The third-order valence-corrected chi connectivity index (χ3v) is 5.51. The molecule has 1 aliphatic heterocycles. The predicted octanol–water partition coefficient (Wildman–Crippen LogP) is 4.59. The van der Waals surface area contributed by atoms with Crippen molar-refractivity contribution in [2.75, 3.05) is 5.32 Å². The molecule has 1 N–H and O–H groups in total. The van der Waals surface area contributed by atoms with Crippen LogP contribution in [0.4, 0.5) is 5.69 Å². The summed E-state index contributed by atoms with van der Waals surface area (Å²) in [5, 5.41) is 8.07. The van der Waals surface area contributed by atoms with Crippen LogP contribution in [0.2, 0.25) is 0 Å². The van der Waals surface area contributed by atoms with E-state index in [-0.39, 0.29) is 6.04 Å². The highest BCUT2D eigenvalue weighted by Gasteiger charge is 2.24. The van der Waals surface area contributed by atoms with Gasteiger partial charge in [-0.25, -0.2) is 4.98 Å². The number of anilines is 1. The van der Waals surface area contributed by atoms with E-state index in [1.54, 1.807) is 0 Å². The van der Waals surface area contributed by atoms with E-state index in [2.05, 4.69) is 63.2 Å². The number of aryl methyl sites for hydroxylation is 2. The standard InChI is InChI=1S/C21H25N5/c1-15(17-12-22-26(13-17)19-9-10-19)23-18-7-5-16(6-8-18)20-14-25-11-3-2-4-21(25)24-20/h5-8,12-15,19,23H,2-4,9-11H2,1H3. The average molecular weight is 347 g/mol. The van der Waals surface area contributed by atoms with E-state index in [0.717, 1.165) is 24.3 Å². The fourth-order valence-electron chi connectivity index (χ4n) is 3.74. The molecule has 1 aromatic carbocycles. The fraction of sp³-hybridized carbons (Fsp3) is 0.429. The van der Waals surface area contributed by atoms with Gasteiger partial charge in [0.05, 0.1) is 24.0 Å². The number of hydrogen-bond donors (Lipinski definition) is 1. The van der Waals surface area contributed by atoms with Crippen LogP contribution in [0.1, 0.15) is 56.1 Å². The summed E-state index contributed by atoms with van der Waals surface area (Å²) in [5.41, 5.74) is 4.64. The van der Waals surface area contributed by atoms with Gasteiger partial charge in [0.1, 0.15) is 5.82 Å². The van der Waals surface area contributed by atoms with Crippen LogP contribution in [0.5, 0.6) is 0 Å². The molecule has 5 rings (SSSR count). The molecular formula is C21H25N5. The maximum Gasteiger partial charge on any atom is 0.109 e. The molecule has 2 aliphatic rings. The first-order chi connectivity index (χ1) is 12.8. The van der Waals surface area contributed by atoms with Gasteiger partial charge >= 0.3 is 0 Å². The second-order valence-electron chi connectivity index (χ2n) is 7.62. The van der Waals surface area contributed by atoms with Gasteiger partial charge in [0.2, 0.25) is 0 Å². The Balaban J connectivity index is 1.29. The van der Waals surface area contributed by atoms with E-state index in [0.29, 0.717) is 6.04 Å². The molecule has 3 heterocycles. The molecule has 134 valence electrons. The molecule has 0 amide bonds. The van der Waals surface area contributed by atoms with Crippen molar-refractivity contribution < 1.29 is 0 Å². The normalized spacial score (nSPS) is 17.7. The molecule has 1 saturated carbocycles. The maximum absolute atomic E-state index is 4.82. The lowest BCUT2D eigenvalue weighted by molar-refractivity contribution is 0.522. The summed E-state index contributed by atoms with van der Waals surface area (Å²) in [7, 11) is 0. The molecule has 0 radical (unpaired) electrons. The highest BCUT2D eigenvalue weighted by molar-refractivity contribution is 5.62. The SMILES string of the molecule is CC(Nc1ccc(-c2cn3c(n2)CCCC3)cc1)c1cnn(C2CC2)c1. The van der Waals surface area contributed by atoms with Crippen molar-refractivity contribution in [1.29, 1.82) is 0 Å². The van der Waals surface area contributed by atoms with Gasteiger partial charge in [-0.15, -0.1) is 0 Å². The molecule has 0 spiro atoms. The molecule has 1 atom stereocenters. The Hall–Kier alpha value is -2.56. The molecule has 5 nitrogen and oxygen atoms in total. The number of benzene rings is 1. The molecule has 26 heavy (non-hydrogen) atoms. The van der Waals surface area contributed by atoms with Crippen molar-refractivity contribution in [2.24, 2.45) is 0 Å². The topological polar surface area (TPSA) is 47.7 Å². The Bertz CT molecular complexity index is 877. The van der Waals surface area contributed by atoms with E-state index in [4.69, 9.17) is 4.98 Å². The average Bonchev–Trinajstić information content (AvgIpc) is 3.23. The third-order valence-electron chi connectivity index (χ3n) is 5.51. The van der Waals surface area contributed by atoms with Gasteiger partial charge in [-0.3, -0.25) is 4.68 Å². The minimum Gasteiger partial charge on any atom is -0.378 e. The van der Waals surface area contributed by atoms with Crippen LogP contribution >= 0.6 is 0 Å². The van der Waals surface area contributed by atoms with Crippen molar-refractivity contribution in [1.82, 2.24) is 19.3 Å². The Kier molecular flexibility index (Phi) is 3.80. The van der Waals surface area contributed by atoms with E-state index in [1.807, 2.05) is 6.20 Å². The van der Waals surface area contributed by atoms with Gasteiger partial charge in [-0.1, -0.05) is 12.1 Å². The highest BCUT2D eigenvalue weighted by atomic mass is 15.3. The highest BCUT2D eigenvalue weighted by Crippen LogP contribution is 2.34. The summed E-state index contributed by atoms with van der Waals surface area (Å²) in [6.07, 6.45) is 12.5. The van der Waals surface area contributed by atoms with E-state index in [1.165, 1.54) is 42.6 Å². The number of hydrogen-bond acceptors (Lipinski definition) is 3. The Morgan fingerprint density at radius 3 is 2.73 bits per heavy atom. The number of nitrogens with zero attached hydrogens (tertiary/aromatic N) is 4. The number of nitrogens with one attached hydrogen (secondary N) is 1. The molecule has 0 bridgehead atoms. The van der Waals surface area contributed by atoms with Crippen molar-refractivity contribution >= 4 is 5.69 Å². The van der Waals surface area contributed by atoms with E-state index in [9.17, 15) is 0 Å². The largest absolute Gasteiger partial charge is 0.378 e. The van der Waals surface area contributed by atoms with Crippen molar-refractivity contribution in [2.45, 2.75) is 57.7 Å². The Labute approximate surface area is 154 Å². The summed E-state index contributed by atoms with van der Waals surface area (Å²) < 4.78 is 4.42. The van der Waals surface area contributed by atoms with Gasteiger partial charge in [0, 0.05) is 42.2 Å². The van der Waals surface area contributed by atoms with Gasteiger partial charge < -0.3 is 9.88 Å². The van der Waals surface area contributed by atoms with Crippen LogP contribution in [0, 0.1) is 0 Å². The molecule has 2 aromatic heterocycles. The summed E-state index contributed by atoms with van der Waals surface area (Å²) in [6.45, 7) is 3.29. The van der Waals surface area contributed by atoms with Crippen LogP contribution in [-0.2, 0) is 13.0 Å². The lowest BCUT2D eigenvalue weighted by Gasteiger charge is -2.14. The molecule has 3 aromatic rings. The first kappa shape index (κ1) is 15.7. The summed E-state index contributed by atoms with van der Waals surface area (Å²) in [6, 6.07) is 9.50. The van der Waals surface area contributed by atoms with Gasteiger partial charge in [-0.05, 0) is 44.7 Å². The van der Waals surface area contributed by atoms with Crippen LogP contribution in [0.3, 0.4) is 0 Å². The van der Waals surface area contributed by atoms with Crippen molar-refractivity contribution in [3.8, 4) is 11.3 Å². The van der Waals surface area contributed by atoms with Crippen molar-refractivity contribution in [3.05, 3.63) is 54.2 Å². The lowest BCUT2D eigenvalue weighted by Crippen LogP contribution is -2.08. The minimum atomic E-state index is 0.244. The first-order valence-corrected chi connectivity index (χ1v) is 9.73. The third kappa shape index (κ3) is 3.02. The zero-order chi connectivity index (χ0) is 17.5. The van der Waals surface area contributed by atoms with Gasteiger partial charge in [0.15, 0.2) is 0 Å². The molecule has 1 unspecified atom stereocenters. The zero-order valence-electron chi connectivity index (χ0n) is 15.2. The van der Waals surface area contributed by atoms with Crippen LogP contribution < -0.4 is 5.32 Å². The number of aromatic nitrogens is 4. The smallest absolute Gasteiger partial charge is 0.109 e. The number of rotatable bonds is 5. The van der Waals surface area contributed by atoms with Crippen molar-refractivity contribution in [3.63, 3.8) is 0 Å². The molecule has 1 aliphatic carbocycles. The molecule has 1 fully saturated rings. The quantitative estimate of drug-likeness (QED) is 0.734. The Morgan fingerprint density at radius 2 is 1.96 bits per heavy atom. The van der Waals surface area contributed by atoms with E-state index < -0.39 is 0 Å². The maximum atomic E-state index is 4.82. The zero-order valence-corrected chi connectivity index (χ0v) is 15.2. The second kappa shape index (κ2) is 6.31. The Morgan fingerprint density at radius 1 is 1.12 bits per heavy atom. The van der Waals surface area contributed by atoms with E-state index >= 15 is 0 Å². The molecular weight excluding hydrogens is 322 g/mol. The number of fused-ring (bicyclic) bond motifs is 1. The fourth-order valence-corrected chi connectivity index (χ4v) is 3.74. The number of imidazole rings is 1. The van der Waals surface area contributed by atoms with Gasteiger partial charge in [-0.2, -0.15) is 5.10 Å². The minimum absolute atomic E-state index is 0.244. The first-order valence-electron chi connectivity index (χ1n) is 9.73. The monoisotopic (exact) mass is 347 g/mol. The van der Waals surface area contributed by atoms with Gasteiger partial charge in [0.25, 0.3) is 0 Å². The predicted molar refractivity (Wildman–Crippen MR) is 103 cm³/mol. The second-order valence-corrected chi connectivity index (χ2v) is 7.62. The molecule has 0 saturated heterocycles. The summed E-state index contributed by atoms with van der Waals surface area (Å²) >= 11 is 0.